The Morgan fingerprint density at radius 1 is 1.16 bits per heavy atom. The fraction of sp³-hybridized carbons (Fsp3) is 0.714. The largest absolute Gasteiger partial charge is 0.455 e. The average molecular weight is 551 g/mol. The third-order valence-corrected chi connectivity index (χ3v) is 13.3. The first-order valence-corrected chi connectivity index (χ1v) is 16.6. The van der Waals surface area contributed by atoms with E-state index in [1.807, 2.05) is 0 Å². The fourth-order valence-corrected chi connectivity index (χ4v) is 8.76. The van der Waals surface area contributed by atoms with Crippen LogP contribution in [0.1, 0.15) is 26.6 Å². The Bertz CT molecular complexity index is 798. The highest BCUT2D eigenvalue weighted by Gasteiger charge is 2.27. The summed E-state index contributed by atoms with van der Waals surface area (Å²) in [5.41, 5.74) is 8.56. The molecular weight excluding hydrogens is 522 g/mol. The summed E-state index contributed by atoms with van der Waals surface area (Å²) in [6.45, 7) is 6.37. The van der Waals surface area contributed by atoms with E-state index in [4.69, 9.17) is 41.4 Å². The van der Waals surface area contributed by atoms with Gasteiger partial charge in [-0.2, -0.15) is 19.7 Å². The van der Waals surface area contributed by atoms with Crippen molar-refractivity contribution in [1.82, 2.24) is 15.0 Å². The third kappa shape index (κ3) is 11.1. The average Bonchev–Trinajstić information content (AvgIpc) is 3.10. The maximum atomic E-state index is 12.0. The highest BCUT2D eigenvalue weighted by atomic mass is 32.9. The summed E-state index contributed by atoms with van der Waals surface area (Å²) in [4.78, 5) is 11.5. The van der Waals surface area contributed by atoms with E-state index in [0.717, 1.165) is 10.1 Å². The number of hydrogen-bond acceptors (Lipinski definition) is 14. The van der Waals surface area contributed by atoms with Gasteiger partial charge in [0, 0.05) is 25.2 Å². The van der Waals surface area contributed by atoms with Crippen molar-refractivity contribution < 1.29 is 22.7 Å². The van der Waals surface area contributed by atoms with Gasteiger partial charge in [0.1, 0.15) is 10.2 Å². The maximum Gasteiger partial charge on any atom is 0.455 e. The number of thioether (sulfide) groups is 2. The Kier molecular flexibility index (Phi) is 13.5. The molecule has 2 heterocycles. The first-order valence-electron chi connectivity index (χ1n) is 8.99. The van der Waals surface area contributed by atoms with Crippen LogP contribution in [-0.4, -0.2) is 57.8 Å². The van der Waals surface area contributed by atoms with Gasteiger partial charge in [-0.15, -0.1) is 0 Å². The zero-order chi connectivity index (χ0) is 23.5. The number of nitrogens with two attached hydrogens (primary N) is 2. The summed E-state index contributed by atoms with van der Waals surface area (Å²) in [5.74, 6) is 2.05. The van der Waals surface area contributed by atoms with E-state index in [2.05, 4.69) is 26.6 Å². The van der Waals surface area contributed by atoms with Crippen LogP contribution in [0.4, 0.5) is 11.9 Å². The molecule has 1 aromatic heterocycles. The second-order valence-corrected chi connectivity index (χ2v) is 16.3. The lowest BCUT2D eigenvalue weighted by Crippen LogP contribution is -2.06. The normalized spacial score (nSPS) is 18.1. The van der Waals surface area contributed by atoms with Gasteiger partial charge in [-0.1, -0.05) is 41.8 Å². The Labute approximate surface area is 200 Å². The molecule has 0 bridgehead atoms. The summed E-state index contributed by atoms with van der Waals surface area (Å²) < 4.78 is 37.3. The minimum absolute atomic E-state index is 0.0891. The molecule has 1 aromatic rings. The van der Waals surface area contributed by atoms with E-state index in [0.29, 0.717) is 30.0 Å². The number of aromatic nitrogens is 3. The van der Waals surface area contributed by atoms with Crippen LogP contribution >= 0.6 is 48.3 Å². The van der Waals surface area contributed by atoms with Gasteiger partial charge in [0.25, 0.3) is 0 Å². The van der Waals surface area contributed by atoms with E-state index >= 15 is 0 Å². The minimum Gasteiger partial charge on any atom is -0.368 e. The van der Waals surface area contributed by atoms with Gasteiger partial charge in [-0.05, 0) is 25.7 Å². The van der Waals surface area contributed by atoms with Gasteiger partial charge in [0.15, 0.2) is 0 Å². The molecule has 0 aliphatic carbocycles. The predicted molar refractivity (Wildman–Crippen MR) is 136 cm³/mol. The van der Waals surface area contributed by atoms with E-state index in [-0.39, 0.29) is 11.9 Å². The molecule has 0 amide bonds. The van der Waals surface area contributed by atoms with Crippen molar-refractivity contribution in [1.29, 1.82) is 0 Å². The zero-order valence-corrected chi connectivity index (χ0v) is 23.0. The van der Waals surface area contributed by atoms with Gasteiger partial charge < -0.3 is 20.5 Å². The molecule has 1 fully saturated rings. The lowest BCUT2D eigenvalue weighted by atomic mass is 10.6. The smallest absolute Gasteiger partial charge is 0.368 e. The van der Waals surface area contributed by atoms with Crippen molar-refractivity contribution in [3.05, 3.63) is 5.82 Å². The van der Waals surface area contributed by atoms with E-state index in [1.165, 1.54) is 25.6 Å². The van der Waals surface area contributed by atoms with Crippen molar-refractivity contribution in [2.24, 2.45) is 4.76 Å². The van der Waals surface area contributed by atoms with Gasteiger partial charge >= 0.3 is 7.75 Å². The number of nitrogens with zero attached hydrogens (tertiary/aromatic N) is 4. The molecule has 1 saturated heterocycles. The molecule has 1 unspecified atom stereocenters. The lowest BCUT2D eigenvalue weighted by molar-refractivity contribution is 0.221. The standard InChI is InChI=1S/C8H16NO3PS2.C6H12N5O2PS2/c1-4-11-13(10,12-5-2)9-8-14-6-7(3)15-8;1-12-14(15,13-2)16-3-4-9-5(7)11-6(8)10-4/h7H,4-6H2,1-3H3;3H2,1-2H3,(H4,7,8,9,10,11). The molecule has 17 heteroatoms. The number of rotatable bonds is 10. The molecule has 1 aliphatic heterocycles. The van der Waals surface area contributed by atoms with Crippen LogP contribution in [-0.2, 0) is 40.2 Å². The molecule has 0 saturated carbocycles. The SMILES string of the molecule is CCOP(=O)(N=C1SCC(C)S1)OCC.COP(=S)(OC)SCc1nc(N)nc(N)n1. The summed E-state index contributed by atoms with van der Waals surface area (Å²) in [7, 11) is -0.234. The molecule has 178 valence electrons. The Balaban J connectivity index is 0.000000311. The van der Waals surface area contributed by atoms with Gasteiger partial charge in [0.2, 0.25) is 17.6 Å². The van der Waals surface area contributed by atoms with Crippen molar-refractivity contribution in [2.75, 3.05) is 44.7 Å². The number of anilines is 2. The highest BCUT2D eigenvalue weighted by Crippen LogP contribution is 2.60. The van der Waals surface area contributed by atoms with Crippen LogP contribution in [0.5, 0.6) is 0 Å². The monoisotopic (exact) mass is 550 g/mol. The van der Waals surface area contributed by atoms with E-state index in [9.17, 15) is 4.57 Å². The van der Waals surface area contributed by atoms with Crippen LogP contribution < -0.4 is 11.5 Å². The second-order valence-electron chi connectivity index (χ2n) is 5.46. The van der Waals surface area contributed by atoms with Gasteiger partial charge in [0.05, 0.1) is 19.0 Å². The van der Waals surface area contributed by atoms with Crippen LogP contribution in [0, 0.1) is 0 Å². The molecule has 1 atom stereocenters. The molecule has 4 N–H and O–H groups in total. The van der Waals surface area contributed by atoms with Crippen LogP contribution in [0.15, 0.2) is 4.76 Å². The topological polar surface area (TPSA) is 157 Å². The van der Waals surface area contributed by atoms with Crippen molar-refractivity contribution in [3.8, 4) is 0 Å². The van der Waals surface area contributed by atoms with Crippen LogP contribution in [0.25, 0.3) is 0 Å². The Hall–Kier alpha value is 0.0500. The molecule has 2 rings (SSSR count). The molecule has 31 heavy (non-hydrogen) atoms. The second kappa shape index (κ2) is 14.3. The summed E-state index contributed by atoms with van der Waals surface area (Å²) >= 11 is 9.71. The van der Waals surface area contributed by atoms with E-state index < -0.39 is 13.4 Å². The first kappa shape index (κ1) is 29.1. The number of hydrogen-bond donors (Lipinski definition) is 2. The van der Waals surface area contributed by atoms with Crippen molar-refractivity contribution in [2.45, 2.75) is 31.8 Å². The molecular formula is C14H28N6O5P2S4. The van der Waals surface area contributed by atoms with Crippen molar-refractivity contribution in [3.63, 3.8) is 0 Å². The molecule has 0 radical (unpaired) electrons. The Morgan fingerprint density at radius 3 is 2.13 bits per heavy atom. The van der Waals surface area contributed by atoms with Crippen LogP contribution in [0.2, 0.25) is 0 Å². The molecule has 0 aromatic carbocycles. The minimum atomic E-state index is -3.25. The predicted octanol–water partition coefficient (Wildman–Crippen LogP) is 4.18. The summed E-state index contributed by atoms with van der Waals surface area (Å²) in [6.07, 6.45) is 0. The lowest BCUT2D eigenvalue weighted by Gasteiger charge is -2.15. The van der Waals surface area contributed by atoms with Gasteiger partial charge in [-0.25, -0.2) is 4.57 Å². The highest BCUT2D eigenvalue weighted by molar-refractivity contribution is 8.67. The molecule has 0 spiro atoms. The molecule has 11 nitrogen and oxygen atoms in total. The summed E-state index contributed by atoms with van der Waals surface area (Å²) in [5, 5.41) is 0.519. The van der Waals surface area contributed by atoms with Gasteiger partial charge in [-0.3, -0.25) is 9.05 Å². The van der Waals surface area contributed by atoms with Crippen molar-refractivity contribution >= 4 is 76.4 Å². The fourth-order valence-electron chi connectivity index (χ4n) is 1.84. The maximum absolute atomic E-state index is 12.0. The van der Waals surface area contributed by atoms with Crippen LogP contribution in [0.3, 0.4) is 0 Å². The quantitative estimate of drug-likeness (QED) is 0.400. The zero-order valence-electron chi connectivity index (χ0n) is 17.9. The summed E-state index contributed by atoms with van der Waals surface area (Å²) in [6, 6.07) is 0. The molecule has 1 aliphatic rings. The Morgan fingerprint density at radius 2 is 1.71 bits per heavy atom. The number of nitrogen functional groups attached to an aromatic ring is 2. The third-order valence-electron chi connectivity index (χ3n) is 3.05. The first-order chi connectivity index (χ1) is 14.6. The van der Waals surface area contributed by atoms with E-state index in [1.54, 1.807) is 37.4 Å².